The number of urea groups is 1. The molecule has 0 aromatic heterocycles. The average molecular weight is 400 g/mol. The molecule has 2 aliphatic heterocycles. The first-order chi connectivity index (χ1) is 12.2. The Hall–Kier alpha value is -1.31. The van der Waals surface area contributed by atoms with Crippen molar-refractivity contribution in [3.05, 3.63) is 28.8 Å². The smallest absolute Gasteiger partial charge is 0.322 e. The predicted octanol–water partition coefficient (Wildman–Crippen LogP) is 2.96. The van der Waals surface area contributed by atoms with Gasteiger partial charge in [0.2, 0.25) is 10.0 Å². The molecule has 0 unspecified atom stereocenters. The summed E-state index contributed by atoms with van der Waals surface area (Å²) in [6, 6.07) is 5.48. The van der Waals surface area contributed by atoms with Gasteiger partial charge >= 0.3 is 6.03 Å². The Labute approximate surface area is 160 Å². The van der Waals surface area contributed by atoms with Crippen molar-refractivity contribution in [1.29, 1.82) is 0 Å². The molecule has 2 amide bonds. The highest BCUT2D eigenvalue weighted by Crippen LogP contribution is 2.44. The number of rotatable bonds is 3. The third kappa shape index (κ3) is 3.57. The van der Waals surface area contributed by atoms with Crippen LogP contribution in [0.25, 0.3) is 0 Å². The number of anilines is 1. The first-order valence-corrected chi connectivity index (χ1v) is 11.0. The van der Waals surface area contributed by atoms with Gasteiger partial charge < -0.3 is 5.32 Å². The molecule has 0 aliphatic carbocycles. The van der Waals surface area contributed by atoms with E-state index < -0.39 is 10.0 Å². The largest absolute Gasteiger partial charge is 0.335 e. The quantitative estimate of drug-likeness (QED) is 0.849. The molecule has 0 bridgehead atoms. The van der Waals surface area contributed by atoms with Crippen molar-refractivity contribution in [3.8, 4) is 0 Å². The van der Waals surface area contributed by atoms with Gasteiger partial charge in [0.1, 0.15) is 0 Å². The molecule has 0 spiro atoms. The lowest BCUT2D eigenvalue weighted by Crippen LogP contribution is -2.50. The molecule has 6 nitrogen and oxygen atoms in total. The van der Waals surface area contributed by atoms with Crippen LogP contribution in [0.3, 0.4) is 0 Å². The van der Waals surface area contributed by atoms with E-state index in [4.69, 9.17) is 11.6 Å². The number of fused-ring (bicyclic) bond motifs is 1. The van der Waals surface area contributed by atoms with Crippen LogP contribution in [-0.4, -0.2) is 50.2 Å². The summed E-state index contributed by atoms with van der Waals surface area (Å²) in [6.45, 7) is 7.30. The zero-order valence-electron chi connectivity index (χ0n) is 15.5. The fourth-order valence-electron chi connectivity index (χ4n) is 3.86. The Kier molecular flexibility index (Phi) is 5.25. The van der Waals surface area contributed by atoms with Crippen LogP contribution in [0.15, 0.2) is 18.2 Å². The number of carbonyl (C=O) groups excluding carboxylic acids is 1. The summed E-state index contributed by atoms with van der Waals surface area (Å²) in [7, 11) is -3.15. The first-order valence-electron chi connectivity index (χ1n) is 9.00. The zero-order valence-corrected chi connectivity index (χ0v) is 17.0. The van der Waals surface area contributed by atoms with Crippen LogP contribution in [0.5, 0.6) is 0 Å². The average Bonchev–Trinajstić information content (AvgIpc) is 2.88. The van der Waals surface area contributed by atoms with Crippen molar-refractivity contribution < 1.29 is 13.2 Å². The van der Waals surface area contributed by atoms with Gasteiger partial charge in [0.25, 0.3) is 0 Å². The molecule has 2 heterocycles. The predicted molar refractivity (Wildman–Crippen MR) is 104 cm³/mol. The maximum atomic E-state index is 12.8. The summed E-state index contributed by atoms with van der Waals surface area (Å²) >= 11 is 6.37. The van der Waals surface area contributed by atoms with E-state index in [0.717, 1.165) is 11.3 Å². The molecule has 1 aromatic rings. The van der Waals surface area contributed by atoms with Crippen LogP contribution in [0.1, 0.15) is 39.2 Å². The molecule has 8 heteroatoms. The number of benzene rings is 1. The number of hydrogen-bond donors (Lipinski definition) is 1. The Morgan fingerprint density at radius 3 is 2.58 bits per heavy atom. The molecular weight excluding hydrogens is 374 g/mol. The molecule has 1 N–H and O–H groups in total. The Bertz CT molecular complexity index is 802. The van der Waals surface area contributed by atoms with Crippen molar-refractivity contribution in [2.45, 2.75) is 45.1 Å². The highest BCUT2D eigenvalue weighted by Gasteiger charge is 2.40. The van der Waals surface area contributed by atoms with E-state index in [1.807, 2.05) is 18.2 Å². The molecule has 144 valence electrons. The third-order valence-electron chi connectivity index (χ3n) is 5.30. The highest BCUT2D eigenvalue weighted by atomic mass is 35.5. The molecular formula is C18H26ClN3O3S. The summed E-state index contributed by atoms with van der Waals surface area (Å²) in [5.74, 6) is 0.116. The minimum Gasteiger partial charge on any atom is -0.335 e. The van der Waals surface area contributed by atoms with Crippen LogP contribution in [0.2, 0.25) is 5.02 Å². The number of sulfonamides is 1. The second kappa shape index (κ2) is 7.02. The van der Waals surface area contributed by atoms with E-state index in [-0.39, 0.29) is 23.2 Å². The van der Waals surface area contributed by atoms with Crippen molar-refractivity contribution in [3.63, 3.8) is 0 Å². The van der Waals surface area contributed by atoms with Crippen LogP contribution in [0.4, 0.5) is 10.5 Å². The van der Waals surface area contributed by atoms with E-state index >= 15 is 0 Å². The highest BCUT2D eigenvalue weighted by molar-refractivity contribution is 7.89. The molecule has 0 atom stereocenters. The van der Waals surface area contributed by atoms with Crippen molar-refractivity contribution in [2.24, 2.45) is 0 Å². The summed E-state index contributed by atoms with van der Waals surface area (Å²) in [5.41, 5.74) is 1.65. The van der Waals surface area contributed by atoms with Gasteiger partial charge in [0.05, 0.1) is 11.4 Å². The zero-order chi connectivity index (χ0) is 19.1. The fraction of sp³-hybridized carbons (Fsp3) is 0.611. The number of amides is 2. The maximum absolute atomic E-state index is 12.8. The Balaban J connectivity index is 1.67. The number of piperidine rings is 1. The lowest BCUT2D eigenvalue weighted by Gasteiger charge is -2.32. The SMILES string of the molecule is CCS(=O)(=O)N1CCC(NC(=O)N2CC(C)(C)c3c(Cl)cccc32)CC1. The first kappa shape index (κ1) is 19.5. The topological polar surface area (TPSA) is 69.7 Å². The summed E-state index contributed by atoms with van der Waals surface area (Å²) in [6.07, 6.45) is 1.26. The van der Waals surface area contributed by atoms with Crippen LogP contribution < -0.4 is 10.2 Å². The van der Waals surface area contributed by atoms with Gasteiger partial charge in [0.15, 0.2) is 0 Å². The van der Waals surface area contributed by atoms with E-state index in [0.29, 0.717) is 37.5 Å². The van der Waals surface area contributed by atoms with E-state index in [2.05, 4.69) is 19.2 Å². The lowest BCUT2D eigenvalue weighted by atomic mass is 9.87. The van der Waals surface area contributed by atoms with Crippen molar-refractivity contribution >= 4 is 33.3 Å². The summed E-state index contributed by atoms with van der Waals surface area (Å²) in [5, 5.41) is 3.75. The Morgan fingerprint density at radius 1 is 1.31 bits per heavy atom. The number of carbonyl (C=O) groups is 1. The van der Waals surface area contributed by atoms with E-state index in [1.54, 1.807) is 11.8 Å². The van der Waals surface area contributed by atoms with E-state index in [1.165, 1.54) is 4.31 Å². The van der Waals surface area contributed by atoms with Crippen molar-refractivity contribution in [1.82, 2.24) is 9.62 Å². The lowest BCUT2D eigenvalue weighted by molar-refractivity contribution is 0.232. The Morgan fingerprint density at radius 2 is 1.96 bits per heavy atom. The molecule has 1 fully saturated rings. The van der Waals surface area contributed by atoms with Crippen molar-refractivity contribution in [2.75, 3.05) is 30.3 Å². The molecule has 3 rings (SSSR count). The second-order valence-electron chi connectivity index (χ2n) is 7.63. The molecule has 1 aromatic carbocycles. The number of nitrogens with one attached hydrogen (secondary N) is 1. The number of nitrogens with zero attached hydrogens (tertiary/aromatic N) is 2. The number of halogens is 1. The standard InChI is InChI=1S/C18H26ClN3O3S/c1-4-26(24,25)21-10-8-13(9-11-21)20-17(23)22-12-18(2,3)16-14(19)6-5-7-15(16)22/h5-7,13H,4,8-12H2,1-3H3,(H,20,23). The number of hydrogen-bond acceptors (Lipinski definition) is 3. The maximum Gasteiger partial charge on any atom is 0.322 e. The van der Waals surface area contributed by atoms with Crippen LogP contribution in [0, 0.1) is 0 Å². The molecule has 0 saturated carbocycles. The molecule has 0 radical (unpaired) electrons. The second-order valence-corrected chi connectivity index (χ2v) is 10.3. The molecule has 1 saturated heterocycles. The third-order valence-corrected chi connectivity index (χ3v) is 7.49. The van der Waals surface area contributed by atoms with Gasteiger partial charge in [-0.2, -0.15) is 0 Å². The fourth-order valence-corrected chi connectivity index (χ4v) is 5.42. The summed E-state index contributed by atoms with van der Waals surface area (Å²) in [4.78, 5) is 14.6. The van der Waals surface area contributed by atoms with Gasteiger partial charge in [-0.3, -0.25) is 4.90 Å². The minimum atomic E-state index is -3.15. The van der Waals surface area contributed by atoms with E-state index in [9.17, 15) is 13.2 Å². The molecule has 2 aliphatic rings. The normalized spacial score (nSPS) is 20.8. The van der Waals surface area contributed by atoms with Gasteiger partial charge in [0, 0.05) is 41.7 Å². The van der Waals surface area contributed by atoms with Crippen LogP contribution in [-0.2, 0) is 15.4 Å². The van der Waals surface area contributed by atoms with Gasteiger partial charge in [-0.1, -0.05) is 31.5 Å². The molecule has 26 heavy (non-hydrogen) atoms. The minimum absolute atomic E-state index is 0.0165. The van der Waals surface area contributed by atoms with Gasteiger partial charge in [-0.25, -0.2) is 17.5 Å². The van der Waals surface area contributed by atoms with Crippen LogP contribution >= 0.6 is 11.6 Å². The summed E-state index contributed by atoms with van der Waals surface area (Å²) < 4.78 is 25.4. The monoisotopic (exact) mass is 399 g/mol. The van der Waals surface area contributed by atoms with Gasteiger partial charge in [-0.15, -0.1) is 0 Å². The van der Waals surface area contributed by atoms with Gasteiger partial charge in [-0.05, 0) is 31.9 Å².